The second-order valence-corrected chi connectivity index (χ2v) is 5.61. The van der Waals surface area contributed by atoms with Crippen molar-refractivity contribution < 1.29 is 14.6 Å². The number of aliphatic hydroxyl groups is 1. The molecule has 1 heterocycles. The van der Waals surface area contributed by atoms with Gasteiger partial charge in [-0.2, -0.15) is 0 Å². The molecule has 0 bridgehead atoms. The Kier molecular flexibility index (Phi) is 5.71. The topological polar surface area (TPSA) is 71.5 Å². The smallest absolute Gasteiger partial charge is 0.253 e. The number of pyridine rings is 1. The quantitative estimate of drug-likeness (QED) is 0.859. The summed E-state index contributed by atoms with van der Waals surface area (Å²) in [5.41, 5.74) is 2.32. The fraction of sp³-hybridized carbons (Fsp3) is 0.333. The molecular weight excluding hydrogens is 292 g/mol. The van der Waals surface area contributed by atoms with Gasteiger partial charge < -0.3 is 15.2 Å². The van der Waals surface area contributed by atoms with Crippen LogP contribution in [0.2, 0.25) is 0 Å². The summed E-state index contributed by atoms with van der Waals surface area (Å²) in [6.45, 7) is 3.79. The molecule has 2 atom stereocenters. The number of aliphatic hydroxyl groups excluding tert-OH is 1. The van der Waals surface area contributed by atoms with Gasteiger partial charge in [0.2, 0.25) is 0 Å². The standard InChI is InChI=1S/C18H22N2O3/c1-12(11-21)13(2)20-18(22)16-8-15(9-19-10-16)14-4-6-17(23-3)7-5-14/h4-10,12-13,21H,11H2,1-3H3,(H,20,22). The van der Waals surface area contributed by atoms with Crippen molar-refractivity contribution in [2.24, 2.45) is 5.92 Å². The molecule has 2 rings (SSSR count). The van der Waals surface area contributed by atoms with Crippen molar-refractivity contribution in [1.82, 2.24) is 10.3 Å². The fourth-order valence-electron chi connectivity index (χ4n) is 2.10. The van der Waals surface area contributed by atoms with E-state index in [1.807, 2.05) is 38.1 Å². The number of hydrogen-bond donors (Lipinski definition) is 2. The number of hydrogen-bond acceptors (Lipinski definition) is 4. The lowest BCUT2D eigenvalue weighted by atomic mass is 10.0. The van der Waals surface area contributed by atoms with Crippen molar-refractivity contribution in [3.63, 3.8) is 0 Å². The van der Waals surface area contributed by atoms with E-state index < -0.39 is 0 Å². The third kappa shape index (κ3) is 4.29. The van der Waals surface area contributed by atoms with E-state index in [1.165, 1.54) is 0 Å². The molecule has 0 aliphatic carbocycles. The lowest BCUT2D eigenvalue weighted by Crippen LogP contribution is -2.38. The molecule has 5 nitrogen and oxygen atoms in total. The molecule has 2 unspecified atom stereocenters. The zero-order valence-electron chi connectivity index (χ0n) is 13.6. The highest BCUT2D eigenvalue weighted by molar-refractivity contribution is 5.95. The summed E-state index contributed by atoms with van der Waals surface area (Å²) < 4.78 is 5.14. The van der Waals surface area contributed by atoms with Gasteiger partial charge in [-0.15, -0.1) is 0 Å². The van der Waals surface area contributed by atoms with Gasteiger partial charge in [0.05, 0.1) is 12.7 Å². The first-order valence-corrected chi connectivity index (χ1v) is 7.56. The monoisotopic (exact) mass is 314 g/mol. The van der Waals surface area contributed by atoms with Crippen LogP contribution in [-0.2, 0) is 0 Å². The summed E-state index contributed by atoms with van der Waals surface area (Å²) in [6, 6.07) is 9.28. The molecule has 2 N–H and O–H groups in total. The Hall–Kier alpha value is -2.40. The Bertz CT molecular complexity index is 656. The fourth-order valence-corrected chi connectivity index (χ4v) is 2.10. The Labute approximate surface area is 136 Å². The number of nitrogens with zero attached hydrogens (tertiary/aromatic N) is 1. The van der Waals surface area contributed by atoms with E-state index in [0.29, 0.717) is 5.56 Å². The first kappa shape index (κ1) is 17.0. The number of nitrogens with one attached hydrogen (secondary N) is 1. The van der Waals surface area contributed by atoms with Crippen LogP contribution in [-0.4, -0.2) is 35.8 Å². The van der Waals surface area contributed by atoms with Crippen molar-refractivity contribution in [1.29, 1.82) is 0 Å². The molecule has 23 heavy (non-hydrogen) atoms. The minimum atomic E-state index is -0.194. The maximum absolute atomic E-state index is 12.3. The van der Waals surface area contributed by atoms with Crippen LogP contribution in [0.15, 0.2) is 42.7 Å². The number of aromatic nitrogens is 1. The molecule has 0 spiro atoms. The predicted octanol–water partition coefficient (Wildman–Crippen LogP) is 2.50. The van der Waals surface area contributed by atoms with Crippen molar-refractivity contribution in [3.8, 4) is 16.9 Å². The molecule has 5 heteroatoms. The summed E-state index contributed by atoms with van der Waals surface area (Å²) in [5, 5.41) is 12.0. The second kappa shape index (κ2) is 7.74. The van der Waals surface area contributed by atoms with Gasteiger partial charge in [-0.05, 0) is 36.6 Å². The van der Waals surface area contributed by atoms with Crippen LogP contribution < -0.4 is 10.1 Å². The van der Waals surface area contributed by atoms with E-state index in [4.69, 9.17) is 9.84 Å². The van der Waals surface area contributed by atoms with Crippen molar-refractivity contribution in [3.05, 3.63) is 48.3 Å². The molecule has 0 aliphatic rings. The van der Waals surface area contributed by atoms with Gasteiger partial charge in [-0.1, -0.05) is 19.1 Å². The van der Waals surface area contributed by atoms with Gasteiger partial charge in [0.25, 0.3) is 5.91 Å². The number of methoxy groups -OCH3 is 1. The summed E-state index contributed by atoms with van der Waals surface area (Å²) >= 11 is 0. The average molecular weight is 314 g/mol. The molecule has 0 radical (unpaired) electrons. The van der Waals surface area contributed by atoms with Crippen LogP contribution in [0.5, 0.6) is 5.75 Å². The van der Waals surface area contributed by atoms with E-state index in [-0.39, 0.29) is 24.5 Å². The normalized spacial score (nSPS) is 13.2. The number of amides is 1. The van der Waals surface area contributed by atoms with Crippen LogP contribution in [0.1, 0.15) is 24.2 Å². The lowest BCUT2D eigenvalue weighted by molar-refractivity contribution is 0.0916. The van der Waals surface area contributed by atoms with E-state index in [2.05, 4.69) is 10.3 Å². The van der Waals surface area contributed by atoms with E-state index in [1.54, 1.807) is 25.6 Å². The first-order valence-electron chi connectivity index (χ1n) is 7.56. The van der Waals surface area contributed by atoms with Gasteiger partial charge in [-0.3, -0.25) is 9.78 Å². The average Bonchev–Trinajstić information content (AvgIpc) is 2.61. The van der Waals surface area contributed by atoms with Crippen LogP contribution in [0, 0.1) is 5.92 Å². The maximum atomic E-state index is 12.3. The zero-order valence-corrected chi connectivity index (χ0v) is 13.6. The molecule has 0 saturated carbocycles. The highest BCUT2D eigenvalue weighted by Gasteiger charge is 2.15. The third-order valence-corrected chi connectivity index (χ3v) is 3.92. The molecule has 0 aliphatic heterocycles. The Morgan fingerprint density at radius 3 is 2.52 bits per heavy atom. The SMILES string of the molecule is COc1ccc(-c2cncc(C(=O)NC(C)C(C)CO)c2)cc1. The van der Waals surface area contributed by atoms with Gasteiger partial charge in [0.15, 0.2) is 0 Å². The number of benzene rings is 1. The van der Waals surface area contributed by atoms with Gasteiger partial charge in [-0.25, -0.2) is 0 Å². The molecule has 0 saturated heterocycles. The largest absolute Gasteiger partial charge is 0.497 e. The second-order valence-electron chi connectivity index (χ2n) is 5.61. The summed E-state index contributed by atoms with van der Waals surface area (Å²) in [6.07, 6.45) is 3.26. The Morgan fingerprint density at radius 2 is 1.91 bits per heavy atom. The van der Waals surface area contributed by atoms with E-state index in [0.717, 1.165) is 16.9 Å². The number of carbonyl (C=O) groups is 1. The van der Waals surface area contributed by atoms with Crippen molar-refractivity contribution >= 4 is 5.91 Å². The molecule has 1 aromatic carbocycles. The van der Waals surface area contributed by atoms with Crippen LogP contribution in [0.4, 0.5) is 0 Å². The first-order chi connectivity index (χ1) is 11.0. The van der Waals surface area contributed by atoms with Gasteiger partial charge >= 0.3 is 0 Å². The highest BCUT2D eigenvalue weighted by Crippen LogP contribution is 2.22. The Morgan fingerprint density at radius 1 is 1.22 bits per heavy atom. The lowest BCUT2D eigenvalue weighted by Gasteiger charge is -2.19. The molecule has 2 aromatic rings. The maximum Gasteiger partial charge on any atom is 0.253 e. The number of rotatable bonds is 6. The predicted molar refractivity (Wildman–Crippen MR) is 89.4 cm³/mol. The highest BCUT2D eigenvalue weighted by atomic mass is 16.5. The molecule has 1 amide bonds. The minimum Gasteiger partial charge on any atom is -0.497 e. The molecule has 0 fully saturated rings. The van der Waals surface area contributed by atoms with E-state index in [9.17, 15) is 4.79 Å². The summed E-state index contributed by atoms with van der Waals surface area (Å²) in [5.74, 6) is 0.583. The summed E-state index contributed by atoms with van der Waals surface area (Å²) in [7, 11) is 1.62. The van der Waals surface area contributed by atoms with Gasteiger partial charge in [0.1, 0.15) is 5.75 Å². The molecular formula is C18H22N2O3. The zero-order chi connectivity index (χ0) is 16.8. The molecule has 122 valence electrons. The number of ether oxygens (including phenoxy) is 1. The third-order valence-electron chi connectivity index (χ3n) is 3.92. The minimum absolute atomic E-state index is 0.00307. The van der Waals surface area contributed by atoms with Crippen LogP contribution in [0.3, 0.4) is 0 Å². The van der Waals surface area contributed by atoms with Crippen molar-refractivity contribution in [2.75, 3.05) is 13.7 Å². The molecule has 1 aromatic heterocycles. The Balaban J connectivity index is 2.17. The van der Waals surface area contributed by atoms with Crippen LogP contribution in [0.25, 0.3) is 11.1 Å². The summed E-state index contributed by atoms with van der Waals surface area (Å²) in [4.78, 5) is 16.5. The van der Waals surface area contributed by atoms with Crippen LogP contribution >= 0.6 is 0 Å². The van der Waals surface area contributed by atoms with Crippen molar-refractivity contribution in [2.45, 2.75) is 19.9 Å². The number of carbonyl (C=O) groups excluding carboxylic acids is 1. The van der Waals surface area contributed by atoms with E-state index >= 15 is 0 Å². The van der Waals surface area contributed by atoms with Gasteiger partial charge in [0, 0.05) is 30.6 Å².